The molecule has 1 N–H and O–H groups in total. The molecule has 4 heteroatoms. The first kappa shape index (κ1) is 10.1. The highest BCUT2D eigenvalue weighted by atomic mass is 35.5. The van der Waals surface area contributed by atoms with Gasteiger partial charge in [-0.25, -0.2) is 0 Å². The van der Waals surface area contributed by atoms with E-state index >= 15 is 0 Å². The van der Waals surface area contributed by atoms with E-state index in [-0.39, 0.29) is 0 Å². The van der Waals surface area contributed by atoms with Crippen molar-refractivity contribution < 1.29 is 5.11 Å². The Hall–Kier alpha value is -0.380. The standard InChI is InChI=1S/C10H9ClOS2/c1-13-9-7-3-2-6(5-11)4-8(7)14-10(9)12/h2-4,12H,5H2,1H3. The molecule has 0 bridgehead atoms. The molecule has 0 radical (unpaired) electrons. The van der Waals surface area contributed by atoms with E-state index in [9.17, 15) is 5.11 Å². The summed E-state index contributed by atoms with van der Waals surface area (Å²) in [5.41, 5.74) is 1.09. The summed E-state index contributed by atoms with van der Waals surface area (Å²) >= 11 is 8.73. The maximum atomic E-state index is 9.66. The van der Waals surface area contributed by atoms with Crippen LogP contribution in [0.25, 0.3) is 10.1 Å². The number of hydrogen-bond donors (Lipinski definition) is 1. The number of thiophene rings is 1. The normalized spacial score (nSPS) is 11.0. The summed E-state index contributed by atoms with van der Waals surface area (Å²) in [5, 5.41) is 11.2. The van der Waals surface area contributed by atoms with Gasteiger partial charge in [-0.15, -0.1) is 23.4 Å². The van der Waals surface area contributed by atoms with Crippen molar-refractivity contribution in [3.63, 3.8) is 0 Å². The highest BCUT2D eigenvalue weighted by molar-refractivity contribution is 7.99. The second kappa shape index (κ2) is 4.01. The molecule has 0 saturated heterocycles. The molecule has 0 aliphatic carbocycles. The van der Waals surface area contributed by atoms with Gasteiger partial charge in [-0.1, -0.05) is 23.5 Å². The molecule has 1 aromatic heterocycles. The summed E-state index contributed by atoms with van der Waals surface area (Å²) in [4.78, 5) is 0.964. The average Bonchev–Trinajstić information content (AvgIpc) is 2.51. The lowest BCUT2D eigenvalue weighted by Crippen LogP contribution is -1.75. The SMILES string of the molecule is CSc1c(O)sc2cc(CCl)ccc12. The van der Waals surface area contributed by atoms with Crippen LogP contribution in [0.3, 0.4) is 0 Å². The second-order valence-electron chi connectivity index (χ2n) is 2.90. The Balaban J connectivity index is 2.68. The molecule has 0 amide bonds. The van der Waals surface area contributed by atoms with Crippen LogP contribution >= 0.6 is 34.7 Å². The number of rotatable bonds is 2. The molecule has 1 heterocycles. The van der Waals surface area contributed by atoms with Crippen molar-refractivity contribution in [2.24, 2.45) is 0 Å². The molecule has 1 nitrogen and oxygen atoms in total. The summed E-state index contributed by atoms with van der Waals surface area (Å²) in [6, 6.07) is 6.06. The third-order valence-corrected chi connectivity index (χ3v) is 4.26. The van der Waals surface area contributed by atoms with Gasteiger partial charge in [0.2, 0.25) is 0 Å². The van der Waals surface area contributed by atoms with Gasteiger partial charge in [0.05, 0.1) is 4.90 Å². The van der Waals surface area contributed by atoms with Gasteiger partial charge in [0.1, 0.15) is 0 Å². The molecule has 0 aliphatic rings. The van der Waals surface area contributed by atoms with Crippen molar-refractivity contribution in [2.45, 2.75) is 10.8 Å². The van der Waals surface area contributed by atoms with Crippen LogP contribution in [0.4, 0.5) is 0 Å². The van der Waals surface area contributed by atoms with Crippen molar-refractivity contribution in [3.05, 3.63) is 23.8 Å². The summed E-state index contributed by atoms with van der Waals surface area (Å²) in [6.45, 7) is 0. The molecule has 2 rings (SSSR count). The minimum Gasteiger partial charge on any atom is -0.499 e. The monoisotopic (exact) mass is 244 g/mol. The highest BCUT2D eigenvalue weighted by Crippen LogP contribution is 2.42. The lowest BCUT2D eigenvalue weighted by molar-refractivity contribution is 0.480. The van der Waals surface area contributed by atoms with Crippen molar-refractivity contribution in [3.8, 4) is 5.06 Å². The molecular weight excluding hydrogens is 236 g/mol. The van der Waals surface area contributed by atoms with E-state index in [1.54, 1.807) is 11.8 Å². The van der Waals surface area contributed by atoms with Crippen LogP contribution in [0.2, 0.25) is 0 Å². The molecule has 0 spiro atoms. The average molecular weight is 245 g/mol. The Morgan fingerprint density at radius 1 is 1.50 bits per heavy atom. The van der Waals surface area contributed by atoms with Crippen LogP contribution in [-0.2, 0) is 5.88 Å². The number of thioether (sulfide) groups is 1. The Labute approximate surface area is 95.7 Å². The zero-order chi connectivity index (χ0) is 10.1. The maximum Gasteiger partial charge on any atom is 0.186 e. The first-order valence-corrected chi connectivity index (χ1v) is 6.68. The summed E-state index contributed by atoms with van der Waals surface area (Å²) in [5.74, 6) is 0.517. The van der Waals surface area contributed by atoms with E-state index in [0.717, 1.165) is 20.5 Å². The van der Waals surface area contributed by atoms with Gasteiger partial charge < -0.3 is 5.11 Å². The molecule has 0 atom stereocenters. The molecule has 14 heavy (non-hydrogen) atoms. The molecule has 0 saturated carbocycles. The molecule has 74 valence electrons. The van der Waals surface area contributed by atoms with Gasteiger partial charge in [0.25, 0.3) is 0 Å². The molecule has 1 aromatic carbocycles. The van der Waals surface area contributed by atoms with E-state index in [1.807, 2.05) is 24.5 Å². The van der Waals surface area contributed by atoms with Gasteiger partial charge in [-0.2, -0.15) is 0 Å². The summed E-state index contributed by atoms with van der Waals surface area (Å²) in [6.07, 6.45) is 1.97. The summed E-state index contributed by atoms with van der Waals surface area (Å²) in [7, 11) is 0. The van der Waals surface area contributed by atoms with Crippen molar-refractivity contribution in [1.29, 1.82) is 0 Å². The predicted octanol–water partition coefficient (Wildman–Crippen LogP) is 4.07. The van der Waals surface area contributed by atoms with Crippen LogP contribution in [0, 0.1) is 0 Å². The van der Waals surface area contributed by atoms with Gasteiger partial charge in [0.15, 0.2) is 5.06 Å². The van der Waals surface area contributed by atoms with Crippen LogP contribution in [0.1, 0.15) is 5.56 Å². The fourth-order valence-corrected chi connectivity index (χ4v) is 3.46. The summed E-state index contributed by atoms with van der Waals surface area (Å²) < 4.78 is 1.10. The Bertz CT molecular complexity index is 464. The number of hydrogen-bond acceptors (Lipinski definition) is 3. The number of aromatic hydroxyl groups is 1. The fourth-order valence-electron chi connectivity index (χ4n) is 1.38. The molecule has 2 aromatic rings. The molecule has 0 fully saturated rings. The maximum absolute atomic E-state index is 9.66. The smallest absolute Gasteiger partial charge is 0.186 e. The van der Waals surface area contributed by atoms with Crippen LogP contribution in [0.5, 0.6) is 5.06 Å². The van der Waals surface area contributed by atoms with Crippen molar-refractivity contribution in [1.82, 2.24) is 0 Å². The zero-order valence-electron chi connectivity index (χ0n) is 7.58. The van der Waals surface area contributed by atoms with E-state index in [1.165, 1.54) is 11.3 Å². The van der Waals surface area contributed by atoms with E-state index < -0.39 is 0 Å². The van der Waals surface area contributed by atoms with E-state index in [0.29, 0.717) is 10.9 Å². The minimum atomic E-state index is 0.402. The van der Waals surface area contributed by atoms with E-state index in [4.69, 9.17) is 11.6 Å². The van der Waals surface area contributed by atoms with Gasteiger partial charge in [-0.3, -0.25) is 0 Å². The number of alkyl halides is 1. The molecular formula is C10H9ClOS2. The largest absolute Gasteiger partial charge is 0.499 e. The van der Waals surface area contributed by atoms with Crippen LogP contribution in [-0.4, -0.2) is 11.4 Å². The Kier molecular flexibility index (Phi) is 2.91. The Morgan fingerprint density at radius 2 is 2.29 bits per heavy atom. The topological polar surface area (TPSA) is 20.2 Å². The van der Waals surface area contributed by atoms with Crippen LogP contribution < -0.4 is 0 Å². The Morgan fingerprint density at radius 3 is 2.93 bits per heavy atom. The van der Waals surface area contributed by atoms with Crippen molar-refractivity contribution >= 4 is 44.8 Å². The number of halogens is 1. The lowest BCUT2D eigenvalue weighted by Gasteiger charge is -1.96. The molecule has 0 aliphatic heterocycles. The fraction of sp³-hybridized carbons (Fsp3) is 0.200. The van der Waals surface area contributed by atoms with Gasteiger partial charge in [0, 0.05) is 16.0 Å². The van der Waals surface area contributed by atoms with E-state index in [2.05, 4.69) is 0 Å². The third kappa shape index (κ3) is 1.60. The first-order chi connectivity index (χ1) is 6.76. The minimum absolute atomic E-state index is 0.402. The highest BCUT2D eigenvalue weighted by Gasteiger charge is 2.10. The number of benzene rings is 1. The van der Waals surface area contributed by atoms with Crippen molar-refractivity contribution in [2.75, 3.05) is 6.26 Å². The molecule has 0 unspecified atom stereocenters. The van der Waals surface area contributed by atoms with Gasteiger partial charge >= 0.3 is 0 Å². The van der Waals surface area contributed by atoms with Crippen LogP contribution in [0.15, 0.2) is 23.1 Å². The second-order valence-corrected chi connectivity index (χ2v) is 5.02. The lowest BCUT2D eigenvalue weighted by atomic mass is 10.2. The number of fused-ring (bicyclic) bond motifs is 1. The quantitative estimate of drug-likeness (QED) is 0.635. The first-order valence-electron chi connectivity index (χ1n) is 4.10. The van der Waals surface area contributed by atoms with Gasteiger partial charge in [-0.05, 0) is 17.9 Å². The zero-order valence-corrected chi connectivity index (χ0v) is 9.97. The predicted molar refractivity (Wildman–Crippen MR) is 64.8 cm³/mol. The third-order valence-electron chi connectivity index (χ3n) is 2.05.